The Balaban J connectivity index is 1.52. The van der Waals surface area contributed by atoms with E-state index in [0.717, 1.165) is 18.2 Å². The van der Waals surface area contributed by atoms with Gasteiger partial charge in [-0.2, -0.15) is 0 Å². The van der Waals surface area contributed by atoms with Gasteiger partial charge in [-0.15, -0.1) is 0 Å². The Labute approximate surface area is 192 Å². The number of Topliss-reactive ketones (excluding diaryl/α,β-unsaturated/α-hetero) is 1. The molecule has 0 unspecified atom stereocenters. The minimum atomic E-state index is -0.953. The van der Waals surface area contributed by atoms with E-state index in [-0.39, 0.29) is 18.2 Å². The Kier molecular flexibility index (Phi) is 6.89. The molecule has 1 heterocycles. The molecule has 0 saturated carbocycles. The van der Waals surface area contributed by atoms with Crippen molar-refractivity contribution in [3.8, 4) is 5.75 Å². The number of carbonyl (C=O) groups excluding carboxylic acids is 2. The molecule has 4 aromatic rings. The number of ketones is 1. The van der Waals surface area contributed by atoms with Crippen LogP contribution in [0.25, 0.3) is 11.0 Å². The predicted molar refractivity (Wildman–Crippen MR) is 127 cm³/mol. The lowest BCUT2D eigenvalue weighted by atomic mass is 10.0. The van der Waals surface area contributed by atoms with Gasteiger partial charge in [0.15, 0.2) is 6.10 Å². The lowest BCUT2D eigenvalue weighted by molar-refractivity contribution is 0.0288. The molecule has 0 aliphatic carbocycles. The quantitative estimate of drug-likeness (QED) is 0.222. The average Bonchev–Trinajstić information content (AvgIpc) is 3.22. The first kappa shape index (κ1) is 22.3. The van der Waals surface area contributed by atoms with E-state index in [9.17, 15) is 9.59 Å². The van der Waals surface area contributed by atoms with Crippen molar-refractivity contribution in [3.05, 3.63) is 101 Å². The van der Waals surface area contributed by atoms with Gasteiger partial charge in [0.05, 0.1) is 5.56 Å². The van der Waals surface area contributed by atoms with E-state index in [1.165, 1.54) is 5.56 Å². The molecule has 0 N–H and O–H groups in total. The van der Waals surface area contributed by atoms with Crippen LogP contribution >= 0.6 is 0 Å². The number of aryl methyl sites for hydroxylation is 1. The van der Waals surface area contributed by atoms with Crippen LogP contribution in [0.1, 0.15) is 52.3 Å². The number of rotatable bonds is 9. The first-order valence-corrected chi connectivity index (χ1v) is 11.1. The van der Waals surface area contributed by atoms with Gasteiger partial charge in [0.2, 0.25) is 11.5 Å². The highest BCUT2D eigenvalue weighted by molar-refractivity contribution is 6.02. The molecule has 0 bridgehead atoms. The van der Waals surface area contributed by atoms with Crippen molar-refractivity contribution in [2.75, 3.05) is 0 Å². The topological polar surface area (TPSA) is 65.7 Å². The van der Waals surface area contributed by atoms with Crippen LogP contribution in [0.3, 0.4) is 0 Å². The van der Waals surface area contributed by atoms with Gasteiger partial charge in [0, 0.05) is 10.9 Å². The first-order chi connectivity index (χ1) is 16.1. The smallest absolute Gasteiger partial charge is 0.375 e. The molecule has 5 nitrogen and oxygen atoms in total. The number of esters is 1. The molecule has 0 saturated heterocycles. The van der Waals surface area contributed by atoms with Crippen molar-refractivity contribution in [1.29, 1.82) is 0 Å². The van der Waals surface area contributed by atoms with Gasteiger partial charge in [-0.3, -0.25) is 4.79 Å². The van der Waals surface area contributed by atoms with Crippen LogP contribution in [-0.2, 0) is 17.8 Å². The van der Waals surface area contributed by atoms with Crippen LogP contribution in [0, 0.1) is 0 Å². The summed E-state index contributed by atoms with van der Waals surface area (Å²) in [6.45, 7) is 3.81. The number of para-hydroxylation sites is 2. The standard InChI is InChI=1S/C28H26O5/c1-3-9-20-14-16-21(17-15-20)26(29)19(2)32-28(30)27-24(18-31-22-10-5-4-6-11-22)23-12-7-8-13-25(23)33-27/h4-8,10-17,19H,3,9,18H2,1-2H3/t19-/m1/s1. The second-order valence-electron chi connectivity index (χ2n) is 7.87. The SMILES string of the molecule is CCCc1ccc(C(=O)[C@@H](C)OC(=O)c2oc3ccccc3c2COc2ccccc2)cc1. The van der Waals surface area contributed by atoms with E-state index in [1.807, 2.05) is 60.7 Å². The molecule has 5 heteroatoms. The Morgan fingerprint density at radius 1 is 0.909 bits per heavy atom. The lowest BCUT2D eigenvalue weighted by Crippen LogP contribution is -2.24. The normalized spacial score (nSPS) is 11.8. The van der Waals surface area contributed by atoms with E-state index in [2.05, 4.69) is 6.92 Å². The van der Waals surface area contributed by atoms with Crippen molar-refractivity contribution in [1.82, 2.24) is 0 Å². The van der Waals surface area contributed by atoms with Gasteiger partial charge >= 0.3 is 5.97 Å². The molecular formula is C28H26O5. The van der Waals surface area contributed by atoms with Gasteiger partial charge < -0.3 is 13.9 Å². The zero-order valence-corrected chi connectivity index (χ0v) is 18.7. The molecule has 3 aromatic carbocycles. The van der Waals surface area contributed by atoms with Crippen molar-refractivity contribution in [2.45, 2.75) is 39.4 Å². The number of benzene rings is 3. The Bertz CT molecular complexity index is 1240. The molecule has 0 radical (unpaired) electrons. The highest BCUT2D eigenvalue weighted by Crippen LogP contribution is 2.28. The summed E-state index contributed by atoms with van der Waals surface area (Å²) in [7, 11) is 0. The second kappa shape index (κ2) is 10.2. The van der Waals surface area contributed by atoms with Crippen LogP contribution in [-0.4, -0.2) is 17.9 Å². The number of hydrogen-bond donors (Lipinski definition) is 0. The third-order valence-electron chi connectivity index (χ3n) is 5.44. The van der Waals surface area contributed by atoms with Crippen molar-refractivity contribution >= 4 is 22.7 Å². The fourth-order valence-electron chi connectivity index (χ4n) is 3.71. The van der Waals surface area contributed by atoms with Crippen LogP contribution < -0.4 is 4.74 Å². The van der Waals surface area contributed by atoms with Crippen LogP contribution in [0.4, 0.5) is 0 Å². The highest BCUT2D eigenvalue weighted by atomic mass is 16.6. The Morgan fingerprint density at radius 3 is 2.33 bits per heavy atom. The minimum Gasteiger partial charge on any atom is -0.489 e. The van der Waals surface area contributed by atoms with Gasteiger partial charge in [0.25, 0.3) is 0 Å². The summed E-state index contributed by atoms with van der Waals surface area (Å²) < 4.78 is 17.2. The van der Waals surface area contributed by atoms with Gasteiger partial charge in [-0.1, -0.05) is 74.0 Å². The number of hydrogen-bond acceptors (Lipinski definition) is 5. The van der Waals surface area contributed by atoms with Gasteiger partial charge in [0.1, 0.15) is 17.9 Å². The number of ether oxygens (including phenoxy) is 2. The maximum atomic E-state index is 13.0. The zero-order valence-electron chi connectivity index (χ0n) is 18.7. The summed E-state index contributed by atoms with van der Waals surface area (Å²) in [6, 6.07) is 24.1. The lowest BCUT2D eigenvalue weighted by Gasteiger charge is -2.13. The summed E-state index contributed by atoms with van der Waals surface area (Å²) in [4.78, 5) is 25.8. The molecule has 0 fully saturated rings. The average molecular weight is 443 g/mol. The molecule has 1 aromatic heterocycles. The van der Waals surface area contributed by atoms with Crippen molar-refractivity contribution in [2.24, 2.45) is 0 Å². The summed E-state index contributed by atoms with van der Waals surface area (Å²) in [5, 5.41) is 0.769. The molecule has 0 spiro atoms. The third kappa shape index (κ3) is 5.14. The van der Waals surface area contributed by atoms with E-state index in [1.54, 1.807) is 25.1 Å². The van der Waals surface area contributed by atoms with Crippen molar-refractivity contribution in [3.63, 3.8) is 0 Å². The van der Waals surface area contributed by atoms with Crippen LogP contribution in [0.2, 0.25) is 0 Å². The molecule has 1 atom stereocenters. The molecular weight excluding hydrogens is 416 g/mol. The van der Waals surface area contributed by atoms with E-state index in [0.29, 0.717) is 22.5 Å². The largest absolute Gasteiger partial charge is 0.489 e. The summed E-state index contributed by atoms with van der Waals surface area (Å²) in [5.74, 6) is -0.229. The monoisotopic (exact) mass is 442 g/mol. The molecule has 4 rings (SSSR count). The van der Waals surface area contributed by atoms with Crippen LogP contribution in [0.15, 0.2) is 83.3 Å². The Hall–Kier alpha value is -3.86. The van der Waals surface area contributed by atoms with E-state index in [4.69, 9.17) is 13.9 Å². The first-order valence-electron chi connectivity index (χ1n) is 11.1. The highest BCUT2D eigenvalue weighted by Gasteiger charge is 2.26. The number of carbonyl (C=O) groups is 2. The maximum absolute atomic E-state index is 13.0. The zero-order chi connectivity index (χ0) is 23.2. The molecule has 0 aliphatic heterocycles. The predicted octanol–water partition coefficient (Wildman–Crippen LogP) is 6.39. The number of furan rings is 1. The summed E-state index contributed by atoms with van der Waals surface area (Å²) in [5.41, 5.74) is 2.82. The van der Waals surface area contributed by atoms with Crippen molar-refractivity contribution < 1.29 is 23.5 Å². The van der Waals surface area contributed by atoms with E-state index < -0.39 is 12.1 Å². The fourth-order valence-corrected chi connectivity index (χ4v) is 3.71. The van der Waals surface area contributed by atoms with Crippen LogP contribution in [0.5, 0.6) is 5.75 Å². The summed E-state index contributed by atoms with van der Waals surface area (Å²) >= 11 is 0. The van der Waals surface area contributed by atoms with Gasteiger partial charge in [-0.25, -0.2) is 4.79 Å². The fraction of sp³-hybridized carbons (Fsp3) is 0.214. The Morgan fingerprint density at radius 2 is 1.61 bits per heavy atom. The maximum Gasteiger partial charge on any atom is 0.375 e. The minimum absolute atomic E-state index is 0.0464. The van der Waals surface area contributed by atoms with E-state index >= 15 is 0 Å². The molecule has 0 aliphatic rings. The molecule has 0 amide bonds. The molecule has 168 valence electrons. The molecule has 33 heavy (non-hydrogen) atoms. The second-order valence-corrected chi connectivity index (χ2v) is 7.87. The summed E-state index contributed by atoms with van der Waals surface area (Å²) in [6.07, 6.45) is 1.04. The van der Waals surface area contributed by atoms with Gasteiger partial charge in [-0.05, 0) is 37.1 Å². The third-order valence-corrected chi connectivity index (χ3v) is 5.44. The number of fused-ring (bicyclic) bond motifs is 1.